The van der Waals surface area contributed by atoms with Gasteiger partial charge in [0.15, 0.2) is 0 Å². The van der Waals surface area contributed by atoms with Crippen molar-refractivity contribution in [2.24, 2.45) is 0 Å². The van der Waals surface area contributed by atoms with Gasteiger partial charge in [0, 0.05) is 6.42 Å². The van der Waals surface area contributed by atoms with Gasteiger partial charge in [-0.3, -0.25) is 13.8 Å². The van der Waals surface area contributed by atoms with Crippen LogP contribution in [-0.4, -0.2) is 77.3 Å². The van der Waals surface area contributed by atoms with Crippen molar-refractivity contribution < 1.29 is 36.9 Å². The number of carbonyl (C=O) groups is 1. The first kappa shape index (κ1) is 44.3. The molecule has 1 N–H and O–H groups in total. The van der Waals surface area contributed by atoms with Crippen LogP contribution in [0.2, 0.25) is 5.04 Å². The summed E-state index contributed by atoms with van der Waals surface area (Å²) in [6.45, 7) is 9.06. The van der Waals surface area contributed by atoms with Gasteiger partial charge < -0.3 is 18.5 Å². The topological polar surface area (TPSA) is 91.3 Å². The molecule has 2 rings (SSSR count). The molecule has 8 nitrogen and oxygen atoms in total. The lowest BCUT2D eigenvalue weighted by molar-refractivity contribution is -0.870. The highest BCUT2D eigenvalue weighted by atomic mass is 31.2. The van der Waals surface area contributed by atoms with E-state index < -0.39 is 22.2 Å². The van der Waals surface area contributed by atoms with Crippen molar-refractivity contribution in [3.8, 4) is 0 Å². The molecule has 0 aliphatic rings. The van der Waals surface area contributed by atoms with E-state index in [-0.39, 0.29) is 37.2 Å². The number of hydrogen-bond acceptors (Lipinski definition) is 6. The molecule has 0 aliphatic heterocycles. The first-order valence-electron chi connectivity index (χ1n) is 19.1. The molecule has 0 heterocycles. The van der Waals surface area contributed by atoms with Crippen LogP contribution in [-0.2, 0) is 27.6 Å². The fourth-order valence-electron chi connectivity index (χ4n) is 6.27. The smallest absolute Gasteiger partial charge is 0.457 e. The molecule has 0 bridgehead atoms. The Kier molecular flexibility index (Phi) is 20.3. The van der Waals surface area contributed by atoms with Crippen LogP contribution in [0, 0.1) is 0 Å². The number of carbonyl (C=O) groups excluding carboxylic acids is 1. The normalized spacial score (nSPS) is 14.3. The predicted molar refractivity (Wildman–Crippen MR) is 208 cm³/mol. The summed E-state index contributed by atoms with van der Waals surface area (Å²) >= 11 is 0. The third-order valence-electron chi connectivity index (χ3n) is 9.13. The van der Waals surface area contributed by atoms with E-state index in [1.165, 1.54) is 64.2 Å². The highest BCUT2D eigenvalue weighted by molar-refractivity contribution is 7.47. The van der Waals surface area contributed by atoms with Crippen molar-refractivity contribution in [1.29, 1.82) is 0 Å². The summed E-state index contributed by atoms with van der Waals surface area (Å²) in [5.41, 5.74) is 0. The lowest BCUT2D eigenvalue weighted by atomic mass is 10.0. The van der Waals surface area contributed by atoms with E-state index in [2.05, 4.69) is 52.0 Å². The number of ether oxygens (including phenoxy) is 1. The summed E-state index contributed by atoms with van der Waals surface area (Å²) in [6.07, 6.45) is 15.3. The number of benzene rings is 2. The molecular formula is C40H69NO7PSi+. The van der Waals surface area contributed by atoms with Crippen molar-refractivity contribution in [3.05, 3.63) is 60.7 Å². The minimum absolute atomic E-state index is 0.0104. The van der Waals surface area contributed by atoms with Gasteiger partial charge in [-0.25, -0.2) is 4.57 Å². The molecule has 2 aromatic carbocycles. The van der Waals surface area contributed by atoms with Gasteiger partial charge in [0.05, 0.1) is 34.4 Å². The Hall–Kier alpha value is -1.84. The van der Waals surface area contributed by atoms with E-state index >= 15 is 0 Å². The second kappa shape index (κ2) is 23.0. The first-order valence-corrected chi connectivity index (χ1v) is 22.5. The minimum atomic E-state index is -4.39. The number of hydrogen-bond donors (Lipinski definition) is 1. The fourth-order valence-corrected chi connectivity index (χ4v) is 11.6. The molecule has 2 atom stereocenters. The number of quaternary nitrogens is 1. The lowest BCUT2D eigenvalue weighted by Gasteiger charge is -2.43. The van der Waals surface area contributed by atoms with Crippen molar-refractivity contribution >= 4 is 32.5 Å². The van der Waals surface area contributed by atoms with Crippen LogP contribution in [0.15, 0.2) is 60.7 Å². The third-order valence-corrected chi connectivity index (χ3v) is 15.1. The van der Waals surface area contributed by atoms with Crippen LogP contribution < -0.4 is 10.4 Å². The minimum Gasteiger partial charge on any atom is -0.457 e. The van der Waals surface area contributed by atoms with Gasteiger partial charge in [-0.05, 0) is 21.8 Å². The number of likely N-dealkylation sites (N-methyl/N-ethyl adjacent to an activating group) is 1. The quantitative estimate of drug-likeness (QED) is 0.0323. The van der Waals surface area contributed by atoms with Crippen LogP contribution >= 0.6 is 7.82 Å². The van der Waals surface area contributed by atoms with Gasteiger partial charge in [0.2, 0.25) is 0 Å². The van der Waals surface area contributed by atoms with Crippen LogP contribution in [0.4, 0.5) is 0 Å². The maximum atomic E-state index is 13.1. The zero-order valence-electron chi connectivity index (χ0n) is 32.4. The van der Waals surface area contributed by atoms with Crippen molar-refractivity contribution in [2.75, 3.05) is 47.5 Å². The largest absolute Gasteiger partial charge is 0.472 e. The average Bonchev–Trinajstić information content (AvgIpc) is 3.05. The lowest BCUT2D eigenvalue weighted by Crippen LogP contribution is -2.67. The van der Waals surface area contributed by atoms with E-state index in [1.54, 1.807) is 0 Å². The fraction of sp³-hybridized carbons (Fsp3) is 0.675. The highest BCUT2D eigenvalue weighted by Crippen LogP contribution is 2.43. The van der Waals surface area contributed by atoms with Crippen LogP contribution in [0.5, 0.6) is 0 Å². The summed E-state index contributed by atoms with van der Waals surface area (Å²) in [5, 5.41) is 1.89. The Morgan fingerprint density at radius 1 is 0.740 bits per heavy atom. The number of phosphoric ester groups is 1. The molecule has 0 amide bonds. The van der Waals surface area contributed by atoms with Crippen LogP contribution in [0.25, 0.3) is 0 Å². The van der Waals surface area contributed by atoms with Gasteiger partial charge in [-0.1, -0.05) is 165 Å². The Balaban J connectivity index is 2.04. The summed E-state index contributed by atoms with van der Waals surface area (Å²) < 4.78 is 37.0. The van der Waals surface area contributed by atoms with E-state index in [4.69, 9.17) is 18.2 Å². The number of nitrogens with zero attached hydrogens (tertiary/aromatic N) is 1. The van der Waals surface area contributed by atoms with Crippen LogP contribution in [0.1, 0.15) is 118 Å². The first-order chi connectivity index (χ1) is 23.7. The van der Waals surface area contributed by atoms with Crippen molar-refractivity contribution in [2.45, 2.75) is 129 Å². The van der Waals surface area contributed by atoms with E-state index in [0.29, 0.717) is 11.0 Å². The van der Waals surface area contributed by atoms with Gasteiger partial charge in [0.25, 0.3) is 8.32 Å². The molecule has 0 spiro atoms. The number of phosphoric acid groups is 1. The average molecular weight is 735 g/mol. The molecule has 2 aromatic rings. The summed E-state index contributed by atoms with van der Waals surface area (Å²) in [6, 6.07) is 20.4. The Morgan fingerprint density at radius 2 is 1.20 bits per heavy atom. The zero-order chi connectivity index (χ0) is 36.9. The van der Waals surface area contributed by atoms with Crippen molar-refractivity contribution in [1.82, 2.24) is 0 Å². The third kappa shape index (κ3) is 17.1. The Labute approximate surface area is 305 Å². The summed E-state index contributed by atoms with van der Waals surface area (Å²) in [4.78, 5) is 23.6. The van der Waals surface area contributed by atoms with Crippen LogP contribution in [0.3, 0.4) is 0 Å². The molecule has 0 saturated heterocycles. The Bertz CT molecular complexity index is 1190. The molecule has 0 saturated carbocycles. The molecule has 0 aliphatic carbocycles. The van der Waals surface area contributed by atoms with E-state index in [0.717, 1.165) is 29.6 Å². The Morgan fingerprint density at radius 3 is 1.64 bits per heavy atom. The van der Waals surface area contributed by atoms with Gasteiger partial charge >= 0.3 is 13.8 Å². The molecule has 50 heavy (non-hydrogen) atoms. The van der Waals surface area contributed by atoms with Gasteiger partial charge in [-0.15, -0.1) is 0 Å². The van der Waals surface area contributed by atoms with Gasteiger partial charge in [0.1, 0.15) is 19.3 Å². The molecule has 1 unspecified atom stereocenters. The molecule has 284 valence electrons. The zero-order valence-corrected chi connectivity index (χ0v) is 34.3. The van der Waals surface area contributed by atoms with Crippen molar-refractivity contribution in [3.63, 3.8) is 0 Å². The maximum Gasteiger partial charge on any atom is 0.472 e. The second-order valence-electron chi connectivity index (χ2n) is 15.7. The number of unbranched alkanes of at least 4 members (excludes halogenated alkanes) is 12. The predicted octanol–water partition coefficient (Wildman–Crippen LogP) is 8.80. The number of esters is 1. The molecular weight excluding hydrogens is 666 g/mol. The standard InChI is InChI=1S/C40H68NO7PSi/c1-8-9-10-11-12-13-14-15-16-17-18-19-26-31-39(42)48-36(34-46-49(43,44)45-33-32-41(5,6)7)35-47-50(40(2,3)4,37-27-22-20-23-28-37)38-29-24-21-25-30-38/h20-25,27-30,36H,8-19,26,31-35H2,1-7H3/p+1/t36-/m1/s1. The number of rotatable bonds is 27. The van der Waals surface area contributed by atoms with E-state index in [1.807, 2.05) is 57.5 Å². The maximum absolute atomic E-state index is 13.1. The molecule has 0 aromatic heterocycles. The molecule has 0 radical (unpaired) electrons. The SMILES string of the molecule is CCCCCCCCCCCCCCCC(=O)O[C@@H](CO[Si](c1ccccc1)(c1ccccc1)C(C)(C)C)COP(=O)(O)OCC[N+](C)(C)C. The summed E-state index contributed by atoms with van der Waals surface area (Å²) in [7, 11) is -1.42. The second-order valence-corrected chi connectivity index (χ2v) is 21.4. The molecule has 0 fully saturated rings. The van der Waals surface area contributed by atoms with E-state index in [9.17, 15) is 14.3 Å². The van der Waals surface area contributed by atoms with Gasteiger partial charge in [-0.2, -0.15) is 0 Å². The monoisotopic (exact) mass is 734 g/mol. The highest BCUT2D eigenvalue weighted by Gasteiger charge is 2.50. The molecule has 10 heteroatoms. The summed E-state index contributed by atoms with van der Waals surface area (Å²) in [5.74, 6) is -0.355.